The number of aryl methyl sites for hydroxylation is 2. The van der Waals surface area contributed by atoms with Crippen molar-refractivity contribution in [3.63, 3.8) is 0 Å². The fourth-order valence-corrected chi connectivity index (χ4v) is 1.31. The largest absolute Gasteiger partial charge is 0.387 e. The van der Waals surface area contributed by atoms with E-state index in [0.717, 1.165) is 11.4 Å². The van der Waals surface area contributed by atoms with E-state index in [-0.39, 0.29) is 4.99 Å². The number of hydrogen-bond donors (Lipinski definition) is 1. The lowest BCUT2D eigenvalue weighted by Crippen LogP contribution is -2.12. The maximum Gasteiger partial charge on any atom is 0.208 e. The van der Waals surface area contributed by atoms with Gasteiger partial charge < -0.3 is 5.73 Å². The van der Waals surface area contributed by atoms with Gasteiger partial charge in [0.2, 0.25) is 5.82 Å². The Kier molecular flexibility index (Phi) is 2.61. The van der Waals surface area contributed by atoms with Crippen molar-refractivity contribution in [1.29, 1.82) is 0 Å². The molecule has 0 aliphatic carbocycles. The van der Waals surface area contributed by atoms with E-state index in [0.29, 0.717) is 11.6 Å². The van der Waals surface area contributed by atoms with Crippen molar-refractivity contribution < 1.29 is 0 Å². The Bertz CT molecular complexity index is 547. The molecule has 2 N–H and O–H groups in total. The minimum Gasteiger partial charge on any atom is -0.387 e. The molecule has 6 nitrogen and oxygen atoms in total. The first-order chi connectivity index (χ1) is 7.58. The molecule has 0 bridgehead atoms. The summed E-state index contributed by atoms with van der Waals surface area (Å²) in [7, 11) is 0. The van der Waals surface area contributed by atoms with Crippen LogP contribution in [0.1, 0.15) is 17.2 Å². The Hall–Kier alpha value is -1.89. The lowest BCUT2D eigenvalue weighted by atomic mass is 10.4. The molecule has 2 rings (SSSR count). The van der Waals surface area contributed by atoms with Crippen LogP contribution in [0.3, 0.4) is 0 Å². The molecule has 0 atom stereocenters. The second-order valence-electron chi connectivity index (χ2n) is 3.30. The molecule has 2 heterocycles. The molecule has 0 spiro atoms. The molecule has 0 aliphatic rings. The molecule has 0 fully saturated rings. The minimum atomic E-state index is 0.164. The van der Waals surface area contributed by atoms with Gasteiger partial charge in [-0.25, -0.2) is 14.6 Å². The van der Waals surface area contributed by atoms with Gasteiger partial charge in [-0.1, -0.05) is 12.2 Å². The van der Waals surface area contributed by atoms with Crippen molar-refractivity contribution in [2.45, 2.75) is 13.8 Å². The van der Waals surface area contributed by atoms with Crippen LogP contribution in [0.4, 0.5) is 0 Å². The fourth-order valence-electron chi connectivity index (χ4n) is 1.22. The molecule has 2 aromatic heterocycles. The lowest BCUT2D eigenvalue weighted by molar-refractivity contribution is 0.812. The maximum absolute atomic E-state index is 5.43. The third-order valence-electron chi connectivity index (χ3n) is 1.98. The zero-order chi connectivity index (χ0) is 11.7. The molecule has 0 saturated heterocycles. The van der Waals surface area contributed by atoms with E-state index in [9.17, 15) is 0 Å². The fraction of sp³-hybridized carbons (Fsp3) is 0.222. The van der Waals surface area contributed by atoms with Crippen LogP contribution in [-0.2, 0) is 0 Å². The van der Waals surface area contributed by atoms with Crippen LogP contribution in [0.25, 0.3) is 5.82 Å². The zero-order valence-corrected chi connectivity index (χ0v) is 9.69. The molecule has 7 heteroatoms. The summed E-state index contributed by atoms with van der Waals surface area (Å²) in [6.45, 7) is 3.71. The van der Waals surface area contributed by atoms with E-state index in [2.05, 4.69) is 20.1 Å². The molecule has 0 aromatic carbocycles. The molecule has 82 valence electrons. The number of nitrogens with zero attached hydrogens (tertiary/aromatic N) is 5. The third-order valence-corrected chi connectivity index (χ3v) is 2.16. The van der Waals surface area contributed by atoms with E-state index in [1.165, 1.54) is 11.0 Å². The first kappa shape index (κ1) is 10.6. The number of nitrogens with two attached hydrogens (primary N) is 1. The summed E-state index contributed by atoms with van der Waals surface area (Å²) in [5.74, 6) is 0.965. The van der Waals surface area contributed by atoms with Crippen LogP contribution in [0.15, 0.2) is 12.5 Å². The van der Waals surface area contributed by atoms with Crippen molar-refractivity contribution >= 4 is 17.2 Å². The predicted molar refractivity (Wildman–Crippen MR) is 62.3 cm³/mol. The van der Waals surface area contributed by atoms with Gasteiger partial charge in [0.05, 0.1) is 11.4 Å². The Labute approximate surface area is 97.5 Å². The molecule has 0 radical (unpaired) electrons. The predicted octanol–water partition coefficient (Wildman–Crippen LogP) is 0.308. The summed E-state index contributed by atoms with van der Waals surface area (Å²) in [4.78, 5) is 12.7. The zero-order valence-electron chi connectivity index (χ0n) is 8.88. The van der Waals surface area contributed by atoms with Gasteiger partial charge in [0.1, 0.15) is 11.3 Å². The quantitative estimate of drug-likeness (QED) is 0.753. The van der Waals surface area contributed by atoms with Gasteiger partial charge in [0.25, 0.3) is 0 Å². The summed E-state index contributed by atoms with van der Waals surface area (Å²) in [6.07, 6.45) is 3.22. The highest BCUT2D eigenvalue weighted by atomic mass is 32.1. The van der Waals surface area contributed by atoms with E-state index >= 15 is 0 Å². The van der Waals surface area contributed by atoms with Gasteiger partial charge >= 0.3 is 0 Å². The lowest BCUT2D eigenvalue weighted by Gasteiger charge is -2.03. The summed E-state index contributed by atoms with van der Waals surface area (Å²) >= 11 is 4.79. The molecular formula is C9H10N6S. The van der Waals surface area contributed by atoms with E-state index in [1.807, 2.05) is 13.8 Å². The van der Waals surface area contributed by atoms with Gasteiger partial charge in [-0.15, -0.1) is 5.10 Å². The normalized spacial score (nSPS) is 10.4. The molecule has 0 amide bonds. The summed E-state index contributed by atoms with van der Waals surface area (Å²) in [5.41, 5.74) is 7.01. The first-order valence-electron chi connectivity index (χ1n) is 4.60. The molecule has 0 aliphatic heterocycles. The van der Waals surface area contributed by atoms with Gasteiger partial charge in [-0.05, 0) is 13.8 Å². The molecule has 0 saturated carbocycles. The second kappa shape index (κ2) is 3.93. The van der Waals surface area contributed by atoms with Crippen LogP contribution < -0.4 is 5.73 Å². The van der Waals surface area contributed by atoms with E-state index in [4.69, 9.17) is 18.0 Å². The molecule has 16 heavy (non-hydrogen) atoms. The van der Waals surface area contributed by atoms with E-state index in [1.54, 1.807) is 6.20 Å². The van der Waals surface area contributed by atoms with Crippen LogP contribution in [0, 0.1) is 13.8 Å². The van der Waals surface area contributed by atoms with Crippen LogP contribution in [0.5, 0.6) is 0 Å². The van der Waals surface area contributed by atoms with Gasteiger partial charge in [-0.2, -0.15) is 0 Å². The standard InChI is InChI=1S/C9H10N6S/c1-5-3-11-6(2)9(13-5)15-4-12-8(14-15)7(10)16/h3-4H,1-2H3,(H2,10,16). The number of rotatable bonds is 2. The third kappa shape index (κ3) is 1.89. The minimum absolute atomic E-state index is 0.164. The first-order valence-corrected chi connectivity index (χ1v) is 5.01. The van der Waals surface area contributed by atoms with Crippen molar-refractivity contribution in [3.8, 4) is 5.82 Å². The highest BCUT2D eigenvalue weighted by molar-refractivity contribution is 7.80. The highest BCUT2D eigenvalue weighted by Crippen LogP contribution is 2.07. The van der Waals surface area contributed by atoms with Gasteiger partial charge in [0.15, 0.2) is 5.82 Å². The summed E-state index contributed by atoms with van der Waals surface area (Å²) < 4.78 is 1.52. The summed E-state index contributed by atoms with van der Waals surface area (Å²) in [6, 6.07) is 0. The topological polar surface area (TPSA) is 82.5 Å². The Balaban J connectivity index is 2.50. The van der Waals surface area contributed by atoms with Crippen molar-refractivity contribution in [2.24, 2.45) is 5.73 Å². The average molecular weight is 234 g/mol. The van der Waals surface area contributed by atoms with Crippen LogP contribution in [0.2, 0.25) is 0 Å². The Morgan fingerprint density at radius 3 is 2.75 bits per heavy atom. The Morgan fingerprint density at radius 2 is 2.12 bits per heavy atom. The Morgan fingerprint density at radius 1 is 1.38 bits per heavy atom. The van der Waals surface area contributed by atoms with Gasteiger partial charge in [-0.3, -0.25) is 4.98 Å². The number of hydrogen-bond acceptors (Lipinski definition) is 5. The highest BCUT2D eigenvalue weighted by Gasteiger charge is 2.09. The monoisotopic (exact) mass is 234 g/mol. The number of thiocarbonyl (C=S) groups is 1. The maximum atomic E-state index is 5.43. The van der Waals surface area contributed by atoms with Crippen molar-refractivity contribution in [1.82, 2.24) is 24.7 Å². The SMILES string of the molecule is Cc1cnc(C)c(-n2cnc(C(N)=S)n2)n1. The molecule has 2 aromatic rings. The van der Waals surface area contributed by atoms with E-state index < -0.39 is 0 Å². The molecule has 0 unspecified atom stereocenters. The average Bonchev–Trinajstić information content (AvgIpc) is 2.70. The number of aromatic nitrogens is 5. The van der Waals surface area contributed by atoms with Crippen molar-refractivity contribution in [3.05, 3.63) is 29.7 Å². The van der Waals surface area contributed by atoms with Crippen LogP contribution >= 0.6 is 12.2 Å². The van der Waals surface area contributed by atoms with Crippen LogP contribution in [-0.4, -0.2) is 29.7 Å². The second-order valence-corrected chi connectivity index (χ2v) is 3.74. The van der Waals surface area contributed by atoms with Gasteiger partial charge in [0, 0.05) is 6.20 Å². The van der Waals surface area contributed by atoms with Crippen molar-refractivity contribution in [2.75, 3.05) is 0 Å². The summed E-state index contributed by atoms with van der Waals surface area (Å²) in [5, 5.41) is 4.12. The smallest absolute Gasteiger partial charge is 0.208 e. The molecular weight excluding hydrogens is 224 g/mol.